The number of carbonyl (C=O) groups is 2. The Kier molecular flexibility index (Phi) is 4.60. The monoisotopic (exact) mass is 408 g/mol. The van der Waals surface area contributed by atoms with Crippen LogP contribution in [0.2, 0.25) is 0 Å². The van der Waals surface area contributed by atoms with Gasteiger partial charge in [0.2, 0.25) is 0 Å². The van der Waals surface area contributed by atoms with Crippen molar-refractivity contribution in [1.29, 1.82) is 0 Å². The van der Waals surface area contributed by atoms with E-state index in [1.807, 2.05) is 37.8 Å². The van der Waals surface area contributed by atoms with Gasteiger partial charge in [0.25, 0.3) is 5.91 Å². The van der Waals surface area contributed by atoms with Crippen LogP contribution in [0.5, 0.6) is 0 Å². The van der Waals surface area contributed by atoms with Gasteiger partial charge >= 0.3 is 6.09 Å². The molecule has 5 nitrogen and oxygen atoms in total. The third kappa shape index (κ3) is 3.68. The van der Waals surface area contributed by atoms with E-state index in [1.165, 1.54) is 0 Å². The molecule has 25 heavy (non-hydrogen) atoms. The van der Waals surface area contributed by atoms with Gasteiger partial charge in [-0.3, -0.25) is 9.69 Å². The van der Waals surface area contributed by atoms with Crippen LogP contribution in [-0.2, 0) is 17.8 Å². The molecule has 1 aromatic rings. The summed E-state index contributed by atoms with van der Waals surface area (Å²) in [7, 11) is 0. The SMILES string of the molecule is CC(C)(C)OC(=O)N(Cc1cc(Br)c2c(c1)C(=O)NC2)C1(C)CCC1. The topological polar surface area (TPSA) is 58.6 Å². The van der Waals surface area contributed by atoms with Gasteiger partial charge in [0.1, 0.15) is 5.60 Å². The first-order chi connectivity index (χ1) is 11.6. The smallest absolute Gasteiger partial charge is 0.411 e. The molecule has 1 aliphatic heterocycles. The molecule has 6 heteroatoms. The van der Waals surface area contributed by atoms with Crippen LogP contribution in [0.3, 0.4) is 0 Å². The number of halogens is 1. The third-order valence-corrected chi connectivity index (χ3v) is 5.67. The van der Waals surface area contributed by atoms with Gasteiger partial charge < -0.3 is 10.1 Å². The summed E-state index contributed by atoms with van der Waals surface area (Å²) >= 11 is 3.56. The largest absolute Gasteiger partial charge is 0.444 e. The van der Waals surface area contributed by atoms with Gasteiger partial charge in [-0.1, -0.05) is 15.9 Å². The fourth-order valence-electron chi connectivity index (χ4n) is 3.36. The number of nitrogens with zero attached hydrogens (tertiary/aromatic N) is 1. The molecule has 1 aromatic carbocycles. The molecule has 1 aliphatic carbocycles. The van der Waals surface area contributed by atoms with Crippen molar-refractivity contribution in [1.82, 2.24) is 10.2 Å². The predicted molar refractivity (Wildman–Crippen MR) is 99.3 cm³/mol. The van der Waals surface area contributed by atoms with Gasteiger partial charge in [0.05, 0.1) is 0 Å². The molecule has 0 radical (unpaired) electrons. The Morgan fingerprint density at radius 1 is 1.36 bits per heavy atom. The molecular formula is C19H25BrN2O3. The third-order valence-electron chi connectivity index (χ3n) is 4.96. The summed E-state index contributed by atoms with van der Waals surface area (Å²) in [4.78, 5) is 26.6. The van der Waals surface area contributed by atoms with Gasteiger partial charge in [0, 0.05) is 28.7 Å². The summed E-state index contributed by atoms with van der Waals surface area (Å²) < 4.78 is 6.54. The number of ether oxygens (including phenoxy) is 1. The minimum absolute atomic E-state index is 0.0591. The van der Waals surface area contributed by atoms with Crippen molar-refractivity contribution >= 4 is 27.9 Å². The standard InChI is InChI=1S/C19H25BrN2O3/c1-18(2,3)25-17(24)22(19(4)6-5-7-19)11-12-8-13-14(15(20)9-12)10-21-16(13)23/h8-9H,5-7,10-11H2,1-4H3,(H,21,23). The number of hydrogen-bond acceptors (Lipinski definition) is 3. The van der Waals surface area contributed by atoms with Crippen LogP contribution in [0.4, 0.5) is 4.79 Å². The molecule has 1 fully saturated rings. The lowest BCUT2D eigenvalue weighted by Crippen LogP contribution is -2.54. The number of carbonyl (C=O) groups excluding carboxylic acids is 2. The quantitative estimate of drug-likeness (QED) is 0.807. The molecular weight excluding hydrogens is 384 g/mol. The first-order valence-corrected chi connectivity index (χ1v) is 9.48. The summed E-state index contributed by atoms with van der Waals surface area (Å²) in [6, 6.07) is 3.89. The molecule has 0 saturated heterocycles. The minimum Gasteiger partial charge on any atom is -0.444 e. The molecule has 1 heterocycles. The van der Waals surface area contributed by atoms with Crippen LogP contribution < -0.4 is 5.32 Å². The molecule has 0 bridgehead atoms. The molecule has 0 unspecified atom stereocenters. The zero-order valence-electron chi connectivity index (χ0n) is 15.2. The molecule has 2 amide bonds. The summed E-state index contributed by atoms with van der Waals surface area (Å²) in [5.74, 6) is -0.0591. The fourth-order valence-corrected chi connectivity index (χ4v) is 4.01. The van der Waals surface area contributed by atoms with Gasteiger partial charge in [0.15, 0.2) is 0 Å². The average Bonchev–Trinajstić information content (AvgIpc) is 2.83. The van der Waals surface area contributed by atoms with Crippen molar-refractivity contribution in [2.45, 2.75) is 71.2 Å². The van der Waals surface area contributed by atoms with Crippen molar-refractivity contribution in [3.63, 3.8) is 0 Å². The highest BCUT2D eigenvalue weighted by atomic mass is 79.9. The highest BCUT2D eigenvalue weighted by Crippen LogP contribution is 2.39. The Labute approximate surface area is 157 Å². The van der Waals surface area contributed by atoms with Gasteiger partial charge in [-0.15, -0.1) is 0 Å². The van der Waals surface area contributed by atoms with E-state index in [9.17, 15) is 9.59 Å². The second kappa shape index (κ2) is 6.31. The van der Waals surface area contributed by atoms with Crippen molar-refractivity contribution in [3.8, 4) is 0 Å². The molecule has 0 spiro atoms. The van der Waals surface area contributed by atoms with Crippen molar-refractivity contribution in [2.24, 2.45) is 0 Å². The highest BCUT2D eigenvalue weighted by molar-refractivity contribution is 9.10. The lowest BCUT2D eigenvalue weighted by atomic mass is 9.77. The number of rotatable bonds is 3. The highest BCUT2D eigenvalue weighted by Gasteiger charge is 2.42. The average molecular weight is 409 g/mol. The number of nitrogens with one attached hydrogen (secondary N) is 1. The number of amides is 2. The van der Waals surface area contributed by atoms with Crippen LogP contribution in [0.15, 0.2) is 16.6 Å². The first-order valence-electron chi connectivity index (χ1n) is 8.69. The van der Waals surface area contributed by atoms with Crippen LogP contribution in [-0.4, -0.2) is 28.0 Å². The Morgan fingerprint density at radius 2 is 2.04 bits per heavy atom. The maximum Gasteiger partial charge on any atom is 0.411 e. The molecule has 1 N–H and O–H groups in total. The van der Waals surface area contributed by atoms with E-state index >= 15 is 0 Å². The van der Waals surface area contributed by atoms with E-state index in [0.29, 0.717) is 18.7 Å². The van der Waals surface area contributed by atoms with Crippen molar-refractivity contribution in [2.75, 3.05) is 0 Å². The number of benzene rings is 1. The van der Waals surface area contributed by atoms with Crippen LogP contribution in [0, 0.1) is 0 Å². The molecule has 0 aromatic heterocycles. The fraction of sp³-hybridized carbons (Fsp3) is 0.579. The zero-order chi connectivity index (χ0) is 18.4. The molecule has 0 atom stereocenters. The van der Waals surface area contributed by atoms with Gasteiger partial charge in [-0.25, -0.2) is 4.79 Å². The first kappa shape index (κ1) is 18.2. The van der Waals surface area contributed by atoms with E-state index in [1.54, 1.807) is 0 Å². The molecule has 136 valence electrons. The second-order valence-corrected chi connectivity index (χ2v) is 9.06. The summed E-state index contributed by atoms with van der Waals surface area (Å²) in [5, 5.41) is 2.84. The Balaban J connectivity index is 1.88. The van der Waals surface area contributed by atoms with Gasteiger partial charge in [-0.2, -0.15) is 0 Å². The van der Waals surface area contributed by atoms with E-state index in [2.05, 4.69) is 28.2 Å². The Morgan fingerprint density at radius 3 is 2.60 bits per heavy atom. The van der Waals surface area contributed by atoms with E-state index in [0.717, 1.165) is 34.9 Å². The molecule has 1 saturated carbocycles. The van der Waals surface area contributed by atoms with E-state index < -0.39 is 5.60 Å². The summed E-state index contributed by atoms with van der Waals surface area (Å²) in [6.45, 7) is 8.72. The Bertz CT molecular complexity index is 720. The van der Waals surface area contributed by atoms with Crippen molar-refractivity contribution < 1.29 is 14.3 Å². The van der Waals surface area contributed by atoms with Crippen LogP contribution in [0.1, 0.15) is 68.4 Å². The van der Waals surface area contributed by atoms with Gasteiger partial charge in [-0.05, 0) is 70.2 Å². The maximum absolute atomic E-state index is 12.8. The summed E-state index contributed by atoms with van der Waals surface area (Å²) in [6.07, 6.45) is 2.76. The number of hydrogen-bond donors (Lipinski definition) is 1. The number of fused-ring (bicyclic) bond motifs is 1. The lowest BCUT2D eigenvalue weighted by molar-refractivity contribution is -0.0238. The normalized spacial score (nSPS) is 18.2. The molecule has 3 rings (SSSR count). The van der Waals surface area contributed by atoms with E-state index in [4.69, 9.17) is 4.74 Å². The second-order valence-electron chi connectivity index (χ2n) is 8.20. The zero-order valence-corrected chi connectivity index (χ0v) is 16.8. The van der Waals surface area contributed by atoms with Crippen LogP contribution >= 0.6 is 15.9 Å². The Hall–Kier alpha value is -1.56. The predicted octanol–water partition coefficient (Wildman–Crippen LogP) is 4.37. The summed E-state index contributed by atoms with van der Waals surface area (Å²) in [5.41, 5.74) is 1.88. The van der Waals surface area contributed by atoms with Crippen molar-refractivity contribution in [3.05, 3.63) is 33.3 Å². The van der Waals surface area contributed by atoms with E-state index in [-0.39, 0.29) is 17.5 Å². The molecule has 2 aliphatic rings. The van der Waals surface area contributed by atoms with Crippen LogP contribution in [0.25, 0.3) is 0 Å². The minimum atomic E-state index is -0.534. The maximum atomic E-state index is 12.8. The lowest BCUT2D eigenvalue weighted by Gasteiger charge is -2.47.